The van der Waals surface area contributed by atoms with E-state index in [1.165, 1.54) is 4.90 Å². The van der Waals surface area contributed by atoms with Crippen LogP contribution in [0.4, 0.5) is 5.69 Å². The molecule has 1 amide bonds. The van der Waals surface area contributed by atoms with E-state index in [1.807, 2.05) is 30.3 Å². The molecule has 5 heteroatoms. The summed E-state index contributed by atoms with van der Waals surface area (Å²) in [6.45, 7) is 0. The number of amides is 1. The lowest BCUT2D eigenvalue weighted by molar-refractivity contribution is -0.121. The average Bonchev–Trinajstić information content (AvgIpc) is 2.69. The van der Waals surface area contributed by atoms with Crippen LogP contribution in [0, 0.1) is 5.92 Å². The van der Waals surface area contributed by atoms with E-state index in [0.717, 1.165) is 5.69 Å². The molecule has 0 radical (unpaired) electrons. The van der Waals surface area contributed by atoms with Crippen LogP contribution < -0.4 is 4.90 Å². The fraction of sp³-hybridized carbons (Fsp3) is 0.417. The highest BCUT2D eigenvalue weighted by atomic mass is 32.2. The van der Waals surface area contributed by atoms with Gasteiger partial charge in [-0.2, -0.15) is 0 Å². The number of anilines is 1. The molecule has 0 spiro atoms. The lowest BCUT2D eigenvalue weighted by Crippen LogP contribution is -2.33. The van der Waals surface area contributed by atoms with Crippen molar-refractivity contribution in [2.75, 3.05) is 23.5 Å². The first-order valence-electron chi connectivity index (χ1n) is 5.53. The first-order valence-corrected chi connectivity index (χ1v) is 7.35. The second-order valence-electron chi connectivity index (χ2n) is 4.33. The number of rotatable bonds is 2. The molecule has 17 heavy (non-hydrogen) atoms. The smallest absolute Gasteiger partial charge is 0.230 e. The van der Waals surface area contributed by atoms with Crippen molar-refractivity contribution in [2.24, 2.45) is 5.92 Å². The van der Waals surface area contributed by atoms with Gasteiger partial charge in [0, 0.05) is 12.7 Å². The molecule has 1 saturated heterocycles. The largest absolute Gasteiger partial charge is 0.315 e. The minimum atomic E-state index is -3.00. The summed E-state index contributed by atoms with van der Waals surface area (Å²) >= 11 is 0. The number of para-hydroxylation sites is 1. The Labute approximate surface area is 101 Å². The Bertz CT molecular complexity index is 510. The molecule has 0 aromatic heterocycles. The van der Waals surface area contributed by atoms with Crippen molar-refractivity contribution in [3.05, 3.63) is 30.3 Å². The van der Waals surface area contributed by atoms with Crippen LogP contribution in [0.15, 0.2) is 30.3 Å². The van der Waals surface area contributed by atoms with Gasteiger partial charge in [0.2, 0.25) is 5.91 Å². The fourth-order valence-electron chi connectivity index (χ4n) is 2.04. The third-order valence-corrected chi connectivity index (χ3v) is 4.82. The summed E-state index contributed by atoms with van der Waals surface area (Å²) in [7, 11) is -1.32. The summed E-state index contributed by atoms with van der Waals surface area (Å²) in [5.41, 5.74) is 0.793. The van der Waals surface area contributed by atoms with Crippen LogP contribution in [0.2, 0.25) is 0 Å². The van der Waals surface area contributed by atoms with Crippen LogP contribution >= 0.6 is 0 Å². The van der Waals surface area contributed by atoms with Gasteiger partial charge in [-0.25, -0.2) is 8.42 Å². The predicted molar refractivity (Wildman–Crippen MR) is 66.6 cm³/mol. The van der Waals surface area contributed by atoms with Crippen LogP contribution in [0.1, 0.15) is 6.42 Å². The summed E-state index contributed by atoms with van der Waals surface area (Å²) in [6, 6.07) is 9.25. The topological polar surface area (TPSA) is 54.5 Å². The Hall–Kier alpha value is -1.36. The molecule has 1 fully saturated rings. The second-order valence-corrected chi connectivity index (χ2v) is 6.56. The molecule has 1 aliphatic heterocycles. The lowest BCUT2D eigenvalue weighted by Gasteiger charge is -2.20. The van der Waals surface area contributed by atoms with Crippen molar-refractivity contribution in [3.8, 4) is 0 Å². The maximum absolute atomic E-state index is 12.1. The Kier molecular flexibility index (Phi) is 3.19. The van der Waals surface area contributed by atoms with E-state index in [1.54, 1.807) is 7.05 Å². The van der Waals surface area contributed by atoms with Gasteiger partial charge in [0.1, 0.15) is 0 Å². The molecule has 92 valence electrons. The quantitative estimate of drug-likeness (QED) is 0.792. The number of hydrogen-bond donors (Lipinski definition) is 0. The molecule has 0 saturated carbocycles. The second kappa shape index (κ2) is 4.49. The molecule has 1 heterocycles. The number of carbonyl (C=O) groups excluding carboxylic acids is 1. The zero-order chi connectivity index (χ0) is 12.5. The molecule has 1 aromatic rings. The monoisotopic (exact) mass is 253 g/mol. The van der Waals surface area contributed by atoms with Crippen LogP contribution in [0.25, 0.3) is 0 Å². The molecule has 1 aromatic carbocycles. The summed E-state index contributed by atoms with van der Waals surface area (Å²) < 4.78 is 22.7. The third-order valence-electron chi connectivity index (χ3n) is 3.06. The minimum Gasteiger partial charge on any atom is -0.315 e. The van der Waals surface area contributed by atoms with E-state index in [2.05, 4.69) is 0 Å². The van der Waals surface area contributed by atoms with Gasteiger partial charge in [0.05, 0.1) is 17.4 Å². The molecule has 0 N–H and O–H groups in total. The van der Waals surface area contributed by atoms with E-state index in [4.69, 9.17) is 0 Å². The highest BCUT2D eigenvalue weighted by Crippen LogP contribution is 2.22. The Morgan fingerprint density at radius 2 is 1.94 bits per heavy atom. The number of nitrogens with zero attached hydrogens (tertiary/aromatic N) is 1. The molecular formula is C12H15NO3S. The van der Waals surface area contributed by atoms with E-state index in [9.17, 15) is 13.2 Å². The maximum Gasteiger partial charge on any atom is 0.230 e. The predicted octanol–water partition coefficient (Wildman–Crippen LogP) is 1.08. The van der Waals surface area contributed by atoms with Gasteiger partial charge in [-0.1, -0.05) is 18.2 Å². The minimum absolute atomic E-state index is 0.0109. The molecule has 1 aliphatic rings. The van der Waals surface area contributed by atoms with E-state index in [-0.39, 0.29) is 23.3 Å². The molecule has 4 nitrogen and oxygen atoms in total. The SMILES string of the molecule is CN(C(=O)[C@H]1CCS(=O)(=O)C1)c1ccccc1. The summed E-state index contributed by atoms with van der Waals surface area (Å²) in [6.07, 6.45) is 0.443. The Balaban J connectivity index is 2.12. The first kappa shape index (κ1) is 12.1. The lowest BCUT2D eigenvalue weighted by atomic mass is 10.1. The molecule has 1 atom stereocenters. The Morgan fingerprint density at radius 1 is 1.29 bits per heavy atom. The summed E-state index contributed by atoms with van der Waals surface area (Å²) in [5.74, 6) is -0.378. The van der Waals surface area contributed by atoms with E-state index >= 15 is 0 Å². The van der Waals surface area contributed by atoms with Gasteiger partial charge in [0.25, 0.3) is 0 Å². The van der Waals surface area contributed by atoms with Gasteiger partial charge in [-0.3, -0.25) is 4.79 Å². The van der Waals surface area contributed by atoms with Gasteiger partial charge >= 0.3 is 0 Å². The molecule has 2 rings (SSSR count). The first-order chi connectivity index (χ1) is 7.99. The number of sulfone groups is 1. The summed E-state index contributed by atoms with van der Waals surface area (Å²) in [5, 5.41) is 0. The van der Waals surface area contributed by atoms with Gasteiger partial charge in [0.15, 0.2) is 9.84 Å². The molecule has 0 unspecified atom stereocenters. The highest BCUT2D eigenvalue weighted by molar-refractivity contribution is 7.91. The van der Waals surface area contributed by atoms with Crippen molar-refractivity contribution in [2.45, 2.75) is 6.42 Å². The number of carbonyl (C=O) groups is 1. The van der Waals surface area contributed by atoms with Gasteiger partial charge in [-0.05, 0) is 18.6 Å². The van der Waals surface area contributed by atoms with Crippen LogP contribution in [0.3, 0.4) is 0 Å². The van der Waals surface area contributed by atoms with Crippen molar-refractivity contribution >= 4 is 21.4 Å². The number of hydrogen-bond acceptors (Lipinski definition) is 3. The normalized spacial score (nSPS) is 22.3. The fourth-order valence-corrected chi connectivity index (χ4v) is 3.78. The average molecular weight is 253 g/mol. The molecule has 0 bridgehead atoms. The van der Waals surface area contributed by atoms with Gasteiger partial charge in [-0.15, -0.1) is 0 Å². The number of benzene rings is 1. The van der Waals surface area contributed by atoms with Crippen molar-refractivity contribution in [1.29, 1.82) is 0 Å². The Morgan fingerprint density at radius 3 is 2.47 bits per heavy atom. The molecule has 0 aliphatic carbocycles. The third kappa shape index (κ3) is 2.66. The van der Waals surface area contributed by atoms with Crippen molar-refractivity contribution in [3.63, 3.8) is 0 Å². The zero-order valence-electron chi connectivity index (χ0n) is 9.67. The van der Waals surface area contributed by atoms with Gasteiger partial charge < -0.3 is 4.90 Å². The zero-order valence-corrected chi connectivity index (χ0v) is 10.5. The molecular weight excluding hydrogens is 238 g/mol. The highest BCUT2D eigenvalue weighted by Gasteiger charge is 2.34. The summed E-state index contributed by atoms with van der Waals surface area (Å²) in [4.78, 5) is 13.6. The van der Waals surface area contributed by atoms with E-state index in [0.29, 0.717) is 6.42 Å². The van der Waals surface area contributed by atoms with Crippen molar-refractivity contribution < 1.29 is 13.2 Å². The van der Waals surface area contributed by atoms with Crippen LogP contribution in [-0.4, -0.2) is 32.9 Å². The standard InChI is InChI=1S/C12H15NO3S/c1-13(11-5-3-2-4-6-11)12(14)10-7-8-17(15,16)9-10/h2-6,10H,7-9H2,1H3/t10-/m0/s1. The van der Waals surface area contributed by atoms with Crippen LogP contribution in [0.5, 0.6) is 0 Å². The van der Waals surface area contributed by atoms with E-state index < -0.39 is 9.84 Å². The maximum atomic E-state index is 12.1. The van der Waals surface area contributed by atoms with Crippen LogP contribution in [-0.2, 0) is 14.6 Å². The van der Waals surface area contributed by atoms with Crippen molar-refractivity contribution in [1.82, 2.24) is 0 Å².